The highest BCUT2D eigenvalue weighted by Crippen LogP contribution is 2.30. The van der Waals surface area contributed by atoms with Crippen molar-refractivity contribution < 1.29 is 64.6 Å². The van der Waals surface area contributed by atoms with Crippen molar-refractivity contribution in [3.8, 4) is 0 Å². The minimum atomic E-state index is -1.79. The molecule has 2 aliphatic rings. The molecule has 12 atom stereocenters. The summed E-state index contributed by atoms with van der Waals surface area (Å²) in [6.07, 6.45) is 30.0. The fraction of sp³-hybridized carbons (Fsp3) is 0.907. The quantitative estimate of drug-likeness (QED) is 0.0208. The summed E-state index contributed by atoms with van der Waals surface area (Å²) in [4.78, 5) is 13.1. The number of hydrogen-bond acceptors (Lipinski definition) is 13. The van der Waals surface area contributed by atoms with Crippen LogP contribution in [0, 0.1) is 0 Å². The van der Waals surface area contributed by atoms with Crippen LogP contribution in [0.25, 0.3) is 0 Å². The highest BCUT2D eigenvalue weighted by molar-refractivity contribution is 5.76. The minimum Gasteiger partial charge on any atom is -0.394 e. The van der Waals surface area contributed by atoms with Gasteiger partial charge in [0.15, 0.2) is 12.6 Å². The van der Waals surface area contributed by atoms with Crippen LogP contribution < -0.4 is 5.32 Å². The summed E-state index contributed by atoms with van der Waals surface area (Å²) in [5, 5.41) is 86.4. The average molecular weight is 972 g/mol. The van der Waals surface area contributed by atoms with Gasteiger partial charge in [0.25, 0.3) is 0 Å². The number of aliphatic hydroxyl groups excluding tert-OH is 8. The van der Waals surface area contributed by atoms with E-state index in [9.17, 15) is 45.6 Å². The molecule has 12 unspecified atom stereocenters. The van der Waals surface area contributed by atoms with Gasteiger partial charge in [0.05, 0.1) is 32.0 Å². The third-order valence-corrected chi connectivity index (χ3v) is 13.6. The standard InChI is InChI=1S/C54H101NO13/c1-3-5-7-9-11-12-13-14-15-16-17-18-19-20-21-22-23-24-25-26-27-28-29-30-32-34-36-38-46(59)55-42(43(58)37-35-33-31-10-8-6-4-2)41-65-53-51(64)49(62)52(45(40-57)67-53)68-54-50(63)48(61)47(60)44(39-56)66-54/h8,10,35,37,42-45,47-54,56-58,60-64H,3-7,9,11-34,36,38-41H2,1-2H3,(H,55,59)/b10-8+,37-35+. The number of carbonyl (C=O) groups is 1. The van der Waals surface area contributed by atoms with Gasteiger partial charge >= 0.3 is 0 Å². The Labute approximate surface area is 411 Å². The van der Waals surface area contributed by atoms with E-state index in [1.807, 2.05) is 6.08 Å². The number of hydrogen-bond donors (Lipinski definition) is 9. The molecule has 2 heterocycles. The summed E-state index contributed by atoms with van der Waals surface area (Å²) in [6.45, 7) is 2.67. The summed E-state index contributed by atoms with van der Waals surface area (Å²) in [6, 6.07) is -0.924. The summed E-state index contributed by atoms with van der Waals surface area (Å²) < 4.78 is 22.6. The number of rotatable bonds is 43. The van der Waals surface area contributed by atoms with E-state index in [1.54, 1.807) is 6.08 Å². The molecule has 2 fully saturated rings. The van der Waals surface area contributed by atoms with Crippen LogP contribution in [0.1, 0.15) is 219 Å². The van der Waals surface area contributed by atoms with Crippen LogP contribution >= 0.6 is 0 Å². The Hall–Kier alpha value is -1.53. The summed E-state index contributed by atoms with van der Waals surface area (Å²) in [7, 11) is 0. The first-order chi connectivity index (χ1) is 33.1. The van der Waals surface area contributed by atoms with Crippen LogP contribution in [-0.2, 0) is 23.7 Å². The second-order valence-electron chi connectivity index (χ2n) is 19.7. The second kappa shape index (κ2) is 41.0. The smallest absolute Gasteiger partial charge is 0.220 e. The van der Waals surface area contributed by atoms with Gasteiger partial charge in [-0.3, -0.25) is 4.79 Å². The molecular weight excluding hydrogens is 871 g/mol. The number of ether oxygens (including phenoxy) is 4. The van der Waals surface area contributed by atoms with Crippen LogP contribution in [-0.4, -0.2) is 140 Å². The SMILES string of the molecule is CCC/C=C/CC/C=C/C(O)C(COC1OC(CO)C(OC2OC(CO)C(O)C(O)C2O)C(O)C1O)NC(=O)CCCCCCCCCCCCCCCCCCCCCCCCCCCCC. The highest BCUT2D eigenvalue weighted by atomic mass is 16.7. The van der Waals surface area contributed by atoms with Crippen molar-refractivity contribution in [1.29, 1.82) is 0 Å². The summed E-state index contributed by atoms with van der Waals surface area (Å²) in [5.74, 6) is -0.250. The molecule has 0 saturated carbocycles. The molecule has 14 heteroatoms. The summed E-state index contributed by atoms with van der Waals surface area (Å²) >= 11 is 0. The maximum atomic E-state index is 13.1. The Morgan fingerprint density at radius 1 is 0.515 bits per heavy atom. The Balaban J connectivity index is 1.64. The van der Waals surface area contributed by atoms with E-state index in [0.29, 0.717) is 12.8 Å². The Morgan fingerprint density at radius 2 is 0.941 bits per heavy atom. The number of aliphatic hydroxyl groups is 8. The largest absolute Gasteiger partial charge is 0.394 e. The van der Waals surface area contributed by atoms with Crippen molar-refractivity contribution in [3.05, 3.63) is 24.3 Å². The van der Waals surface area contributed by atoms with Crippen LogP contribution in [0.5, 0.6) is 0 Å². The highest BCUT2D eigenvalue weighted by Gasteiger charge is 2.51. The molecule has 1 amide bonds. The van der Waals surface area contributed by atoms with E-state index in [4.69, 9.17) is 18.9 Å². The maximum Gasteiger partial charge on any atom is 0.220 e. The fourth-order valence-corrected chi connectivity index (χ4v) is 9.14. The third kappa shape index (κ3) is 27.3. The normalized spacial score (nSPS) is 26.5. The molecular formula is C54H101NO13. The van der Waals surface area contributed by atoms with E-state index >= 15 is 0 Å². The van der Waals surface area contributed by atoms with Crippen LogP contribution in [0.2, 0.25) is 0 Å². The number of nitrogens with one attached hydrogen (secondary N) is 1. The maximum absolute atomic E-state index is 13.1. The molecule has 0 radical (unpaired) electrons. The van der Waals surface area contributed by atoms with Gasteiger partial charge in [-0.05, 0) is 25.7 Å². The zero-order chi connectivity index (χ0) is 49.6. The predicted molar refractivity (Wildman–Crippen MR) is 268 cm³/mol. The average Bonchev–Trinajstić information content (AvgIpc) is 3.34. The Kier molecular flexibility index (Phi) is 37.7. The minimum absolute atomic E-state index is 0.250. The van der Waals surface area contributed by atoms with Gasteiger partial charge in [-0.25, -0.2) is 0 Å². The second-order valence-corrected chi connectivity index (χ2v) is 19.7. The van der Waals surface area contributed by atoms with Gasteiger partial charge in [-0.1, -0.05) is 212 Å². The predicted octanol–water partition coefficient (Wildman–Crippen LogP) is 8.11. The van der Waals surface area contributed by atoms with Crippen LogP contribution in [0.3, 0.4) is 0 Å². The lowest BCUT2D eigenvalue weighted by molar-refractivity contribution is -0.359. The molecule has 0 spiro atoms. The lowest BCUT2D eigenvalue weighted by Crippen LogP contribution is -2.65. The molecule has 0 aromatic carbocycles. The van der Waals surface area contributed by atoms with Crippen molar-refractivity contribution in [2.24, 2.45) is 0 Å². The zero-order valence-corrected chi connectivity index (χ0v) is 42.6. The van der Waals surface area contributed by atoms with Crippen molar-refractivity contribution in [2.45, 2.75) is 293 Å². The number of allylic oxidation sites excluding steroid dienone is 3. The molecule has 0 bridgehead atoms. The zero-order valence-electron chi connectivity index (χ0n) is 42.6. The van der Waals surface area contributed by atoms with E-state index in [2.05, 4.69) is 31.3 Å². The first-order valence-corrected chi connectivity index (χ1v) is 27.6. The molecule has 2 aliphatic heterocycles. The Morgan fingerprint density at radius 3 is 1.41 bits per heavy atom. The van der Waals surface area contributed by atoms with Gasteiger partial charge in [-0.15, -0.1) is 0 Å². The molecule has 0 aromatic rings. The number of unbranched alkanes of at least 4 members (excludes halogenated alkanes) is 28. The van der Waals surface area contributed by atoms with Crippen molar-refractivity contribution in [3.63, 3.8) is 0 Å². The van der Waals surface area contributed by atoms with E-state index in [1.165, 1.54) is 148 Å². The number of amides is 1. The van der Waals surface area contributed by atoms with Gasteiger partial charge in [0.2, 0.25) is 5.91 Å². The molecule has 0 aromatic heterocycles. The third-order valence-electron chi connectivity index (χ3n) is 13.6. The van der Waals surface area contributed by atoms with E-state index in [0.717, 1.165) is 38.5 Å². The lowest BCUT2D eigenvalue weighted by atomic mass is 9.97. The molecule has 2 rings (SSSR count). The van der Waals surface area contributed by atoms with Gasteiger partial charge < -0.3 is 65.1 Å². The van der Waals surface area contributed by atoms with Crippen LogP contribution in [0.15, 0.2) is 24.3 Å². The molecule has 68 heavy (non-hydrogen) atoms. The fourth-order valence-electron chi connectivity index (χ4n) is 9.14. The summed E-state index contributed by atoms with van der Waals surface area (Å²) in [5.41, 5.74) is 0. The first-order valence-electron chi connectivity index (χ1n) is 27.6. The van der Waals surface area contributed by atoms with Gasteiger partial charge in [-0.2, -0.15) is 0 Å². The monoisotopic (exact) mass is 972 g/mol. The van der Waals surface area contributed by atoms with Crippen LogP contribution in [0.4, 0.5) is 0 Å². The van der Waals surface area contributed by atoms with Crippen molar-refractivity contribution >= 4 is 5.91 Å². The topological polar surface area (TPSA) is 228 Å². The molecule has 2 saturated heterocycles. The van der Waals surface area contributed by atoms with E-state index < -0.39 is 86.8 Å². The lowest BCUT2D eigenvalue weighted by Gasteiger charge is -2.46. The van der Waals surface area contributed by atoms with Gasteiger partial charge in [0.1, 0.15) is 48.8 Å². The number of carbonyl (C=O) groups excluding carboxylic acids is 1. The van der Waals surface area contributed by atoms with Crippen molar-refractivity contribution in [2.75, 3.05) is 19.8 Å². The van der Waals surface area contributed by atoms with Crippen molar-refractivity contribution in [1.82, 2.24) is 5.32 Å². The first kappa shape index (κ1) is 62.6. The molecule has 400 valence electrons. The molecule has 14 nitrogen and oxygen atoms in total. The molecule has 0 aliphatic carbocycles. The Bertz CT molecular complexity index is 1240. The van der Waals surface area contributed by atoms with E-state index in [-0.39, 0.29) is 18.9 Å². The van der Waals surface area contributed by atoms with Gasteiger partial charge in [0, 0.05) is 6.42 Å². The molecule has 9 N–H and O–H groups in total.